The molecular weight excluding hydrogens is 210 g/mol. The summed E-state index contributed by atoms with van der Waals surface area (Å²) >= 11 is 0. The number of amides is 1. The van der Waals surface area contributed by atoms with E-state index in [1.54, 1.807) is 6.92 Å². The largest absolute Gasteiger partial charge is 0.308 e. The van der Waals surface area contributed by atoms with E-state index in [1.807, 2.05) is 11.0 Å². The van der Waals surface area contributed by atoms with Crippen LogP contribution in [0, 0.1) is 0 Å². The van der Waals surface area contributed by atoms with E-state index in [-0.39, 0.29) is 11.3 Å². The van der Waals surface area contributed by atoms with Crippen molar-refractivity contribution in [3.05, 3.63) is 29.8 Å². The van der Waals surface area contributed by atoms with E-state index >= 15 is 0 Å². The van der Waals surface area contributed by atoms with Gasteiger partial charge in [0.1, 0.15) is 0 Å². The van der Waals surface area contributed by atoms with Gasteiger partial charge >= 0.3 is 0 Å². The maximum atomic E-state index is 11.9. The first-order valence-corrected chi connectivity index (χ1v) is 6.54. The van der Waals surface area contributed by atoms with Gasteiger partial charge in [-0.3, -0.25) is 4.79 Å². The Morgan fingerprint density at radius 2 is 2.12 bits per heavy atom. The molecule has 90 valence electrons. The predicted molar refractivity (Wildman–Crippen MR) is 69.2 cm³/mol. The summed E-state index contributed by atoms with van der Waals surface area (Å²) in [6.07, 6.45) is 4.88. The quantitative estimate of drug-likeness (QED) is 0.668. The lowest BCUT2D eigenvalue weighted by Crippen LogP contribution is -2.47. The highest BCUT2D eigenvalue weighted by molar-refractivity contribution is 5.95. The first kappa shape index (κ1) is 10.8. The molecule has 1 aliphatic heterocycles. The third kappa shape index (κ3) is 1.36. The average Bonchev–Trinajstić information content (AvgIpc) is 2.59. The lowest BCUT2D eigenvalue weighted by molar-refractivity contribution is -0.117. The average molecular weight is 229 g/mol. The molecule has 3 rings (SSSR count). The van der Waals surface area contributed by atoms with Gasteiger partial charge in [0.2, 0.25) is 5.91 Å². The van der Waals surface area contributed by atoms with Gasteiger partial charge in [-0.05, 0) is 24.5 Å². The van der Waals surface area contributed by atoms with E-state index in [4.69, 9.17) is 0 Å². The highest BCUT2D eigenvalue weighted by Gasteiger charge is 2.49. The lowest BCUT2D eigenvalue weighted by atomic mass is 9.69. The number of carbonyl (C=O) groups excluding carboxylic acids is 1. The number of fused-ring (bicyclic) bond motifs is 3. The second kappa shape index (κ2) is 3.59. The maximum Gasteiger partial charge on any atom is 0.224 e. The number of para-hydroxylation sites is 1. The number of benzene rings is 1. The van der Waals surface area contributed by atoms with Crippen LogP contribution in [0.25, 0.3) is 0 Å². The minimum atomic E-state index is 0.181. The van der Waals surface area contributed by atoms with Crippen molar-refractivity contribution in [3.63, 3.8) is 0 Å². The molecule has 0 bridgehead atoms. The van der Waals surface area contributed by atoms with E-state index in [9.17, 15) is 4.79 Å². The van der Waals surface area contributed by atoms with Gasteiger partial charge < -0.3 is 4.90 Å². The Hall–Kier alpha value is -1.31. The van der Waals surface area contributed by atoms with Gasteiger partial charge in [-0.1, -0.05) is 38.0 Å². The van der Waals surface area contributed by atoms with E-state index in [0.29, 0.717) is 6.04 Å². The van der Waals surface area contributed by atoms with Crippen molar-refractivity contribution >= 4 is 11.6 Å². The van der Waals surface area contributed by atoms with Gasteiger partial charge in [0.05, 0.1) is 0 Å². The van der Waals surface area contributed by atoms with Crippen molar-refractivity contribution in [2.45, 2.75) is 51.0 Å². The van der Waals surface area contributed by atoms with Gasteiger partial charge in [-0.15, -0.1) is 0 Å². The standard InChI is InChI=1S/C15H19NO/c1-11(17)16-13-8-4-3-7-12(13)15(2)10-6-5-9-14(15)16/h3-4,7-8,14H,5-6,9-10H2,1-2H3/t14-,15+/m1/s1. The molecular formula is C15H19NO. The number of carbonyl (C=O) groups is 1. The van der Waals surface area contributed by atoms with Crippen molar-refractivity contribution in [1.29, 1.82) is 0 Å². The van der Waals surface area contributed by atoms with Crippen molar-refractivity contribution in [2.75, 3.05) is 4.90 Å². The monoisotopic (exact) mass is 229 g/mol. The van der Waals surface area contributed by atoms with Crippen LogP contribution in [0.4, 0.5) is 5.69 Å². The molecule has 1 aromatic rings. The van der Waals surface area contributed by atoms with Gasteiger partial charge in [0, 0.05) is 24.1 Å². The second-order valence-electron chi connectivity index (χ2n) is 5.59. The summed E-state index contributed by atoms with van der Waals surface area (Å²) in [7, 11) is 0. The summed E-state index contributed by atoms with van der Waals surface area (Å²) in [4.78, 5) is 14.0. The highest BCUT2D eigenvalue weighted by Crippen LogP contribution is 2.51. The Kier molecular flexibility index (Phi) is 2.29. The molecule has 0 aromatic heterocycles. The summed E-state index contributed by atoms with van der Waals surface area (Å²) in [5.74, 6) is 0.188. The van der Waals surface area contributed by atoms with Gasteiger partial charge in [0.15, 0.2) is 0 Å². The number of hydrogen-bond acceptors (Lipinski definition) is 1. The topological polar surface area (TPSA) is 20.3 Å². The Labute approximate surface area is 103 Å². The summed E-state index contributed by atoms with van der Waals surface area (Å²) in [6.45, 7) is 4.02. The fourth-order valence-corrected chi connectivity index (χ4v) is 3.77. The van der Waals surface area contributed by atoms with Crippen LogP contribution in [-0.4, -0.2) is 11.9 Å². The highest BCUT2D eigenvalue weighted by atomic mass is 16.2. The number of rotatable bonds is 0. The Morgan fingerprint density at radius 1 is 1.35 bits per heavy atom. The van der Waals surface area contributed by atoms with Crippen LogP contribution in [0.2, 0.25) is 0 Å². The van der Waals surface area contributed by atoms with Crippen LogP contribution in [-0.2, 0) is 10.2 Å². The molecule has 1 heterocycles. The summed E-state index contributed by atoms with van der Waals surface area (Å²) in [5.41, 5.74) is 2.70. The van der Waals surface area contributed by atoms with Crippen LogP contribution in [0.5, 0.6) is 0 Å². The first-order chi connectivity index (χ1) is 8.14. The zero-order valence-electron chi connectivity index (χ0n) is 10.6. The molecule has 1 aliphatic carbocycles. The molecule has 0 saturated heterocycles. The molecule has 17 heavy (non-hydrogen) atoms. The van der Waals surface area contributed by atoms with E-state index in [2.05, 4.69) is 25.1 Å². The van der Waals surface area contributed by atoms with Crippen molar-refractivity contribution < 1.29 is 4.79 Å². The summed E-state index contributed by atoms with van der Waals surface area (Å²) < 4.78 is 0. The van der Waals surface area contributed by atoms with E-state index in [1.165, 1.54) is 24.8 Å². The normalized spacial score (nSPS) is 30.9. The smallest absolute Gasteiger partial charge is 0.224 e. The molecule has 0 radical (unpaired) electrons. The Bertz CT molecular complexity index is 468. The molecule has 2 heteroatoms. The SMILES string of the molecule is CC(=O)N1c2ccccc2[C@]2(C)CCCC[C@@H]12. The third-order valence-electron chi connectivity index (χ3n) is 4.59. The molecule has 0 unspecified atom stereocenters. The Morgan fingerprint density at radius 3 is 2.88 bits per heavy atom. The van der Waals surface area contributed by atoms with Crippen LogP contribution < -0.4 is 4.90 Å². The van der Waals surface area contributed by atoms with Gasteiger partial charge in [-0.25, -0.2) is 0 Å². The second-order valence-corrected chi connectivity index (χ2v) is 5.59. The van der Waals surface area contributed by atoms with Crippen LogP contribution in [0.15, 0.2) is 24.3 Å². The fourth-order valence-electron chi connectivity index (χ4n) is 3.77. The molecule has 2 nitrogen and oxygen atoms in total. The number of nitrogens with zero attached hydrogens (tertiary/aromatic N) is 1. The molecule has 0 spiro atoms. The van der Waals surface area contributed by atoms with Crippen LogP contribution in [0.1, 0.15) is 45.1 Å². The molecule has 1 saturated carbocycles. The van der Waals surface area contributed by atoms with E-state index in [0.717, 1.165) is 12.1 Å². The molecule has 1 amide bonds. The number of anilines is 1. The zero-order chi connectivity index (χ0) is 12.0. The van der Waals surface area contributed by atoms with Gasteiger partial charge in [0.25, 0.3) is 0 Å². The fraction of sp³-hybridized carbons (Fsp3) is 0.533. The van der Waals surface area contributed by atoms with Gasteiger partial charge in [-0.2, -0.15) is 0 Å². The number of hydrogen-bond donors (Lipinski definition) is 0. The summed E-state index contributed by atoms with van der Waals surface area (Å²) in [6, 6.07) is 8.82. The summed E-state index contributed by atoms with van der Waals surface area (Å²) in [5, 5.41) is 0. The molecule has 2 atom stereocenters. The molecule has 1 aromatic carbocycles. The van der Waals surface area contributed by atoms with Crippen LogP contribution >= 0.6 is 0 Å². The van der Waals surface area contributed by atoms with E-state index < -0.39 is 0 Å². The van der Waals surface area contributed by atoms with Crippen molar-refractivity contribution in [2.24, 2.45) is 0 Å². The zero-order valence-corrected chi connectivity index (χ0v) is 10.6. The third-order valence-corrected chi connectivity index (χ3v) is 4.59. The van der Waals surface area contributed by atoms with Crippen molar-refractivity contribution in [3.8, 4) is 0 Å². The maximum absolute atomic E-state index is 11.9. The molecule has 2 aliphatic rings. The molecule has 0 N–H and O–H groups in total. The predicted octanol–water partition coefficient (Wildman–Crippen LogP) is 3.25. The first-order valence-electron chi connectivity index (χ1n) is 6.54. The Balaban J connectivity index is 2.18. The minimum Gasteiger partial charge on any atom is -0.308 e. The minimum absolute atomic E-state index is 0.181. The van der Waals surface area contributed by atoms with Crippen molar-refractivity contribution in [1.82, 2.24) is 0 Å². The van der Waals surface area contributed by atoms with Crippen LogP contribution in [0.3, 0.4) is 0 Å². The molecule has 1 fully saturated rings. The lowest BCUT2D eigenvalue weighted by Gasteiger charge is -2.39.